The van der Waals surface area contributed by atoms with Gasteiger partial charge in [0.2, 0.25) is 28.9 Å². The van der Waals surface area contributed by atoms with E-state index < -0.39 is 59.3 Å². The van der Waals surface area contributed by atoms with E-state index in [1.807, 2.05) is 27.7 Å². The van der Waals surface area contributed by atoms with Crippen LogP contribution in [-0.2, 0) is 19.2 Å². The zero-order valence-electron chi connectivity index (χ0n) is 35.4. The van der Waals surface area contributed by atoms with Gasteiger partial charge in [-0.1, -0.05) is 50.9 Å². The fourth-order valence-corrected chi connectivity index (χ4v) is 844. The number of H-pyrrole nitrogens is 1. The number of nitriles is 2. The Morgan fingerprint density at radius 3 is 1.49 bits per heavy atom. The first-order valence-corrected chi connectivity index (χ1v) is 75.9. The average Bonchev–Trinajstić information content (AvgIpc) is 3.29. The molecule has 69 heavy (non-hydrogen) atoms. The number of carbonyl (C=O) groups is 4. The van der Waals surface area contributed by atoms with Gasteiger partial charge in [-0.05, 0) is 36.1 Å². The molecular weight excluding hydrogens is 2090 g/mol. The Kier molecular flexibility index (Phi) is 26.0. The Labute approximate surface area is 478 Å². The van der Waals surface area contributed by atoms with Crippen LogP contribution in [-0.4, -0.2) is 51.9 Å². The van der Waals surface area contributed by atoms with Crippen molar-refractivity contribution in [2.45, 2.75) is 52.4 Å². The summed E-state index contributed by atoms with van der Waals surface area (Å²) in [5.41, 5.74) is -0.0607. The minimum atomic E-state index is -0.900. The zero-order chi connectivity index (χ0) is 51.6. The third-order valence-corrected chi connectivity index (χ3v) is 505. The van der Waals surface area contributed by atoms with E-state index >= 15 is 0 Å². The molecule has 2 aromatic carbocycles. The van der Waals surface area contributed by atoms with Gasteiger partial charge in [0.1, 0.15) is 23.6 Å². The summed E-state index contributed by atoms with van der Waals surface area (Å²) >= 11 is 29.2. The van der Waals surface area contributed by atoms with Crippen LogP contribution in [0.4, 0.5) is 20.2 Å². The second-order valence-corrected chi connectivity index (χ2v) is 210. The van der Waals surface area contributed by atoms with Crippen molar-refractivity contribution >= 4 is 213 Å². The van der Waals surface area contributed by atoms with E-state index in [9.17, 15) is 32.8 Å². The molecule has 16 nitrogen and oxygen atoms in total. The van der Waals surface area contributed by atoms with Crippen molar-refractivity contribution in [3.63, 3.8) is 0 Å². The van der Waals surface area contributed by atoms with E-state index in [0.29, 0.717) is 11.4 Å². The first kappa shape index (κ1) is 61.8. The number of hydrazone groups is 2. The van der Waals surface area contributed by atoms with Crippen molar-refractivity contribution in [3.8, 4) is 41.0 Å². The molecule has 0 saturated carbocycles. The molecule has 2 amide bonds. The van der Waals surface area contributed by atoms with Crippen LogP contribution in [0.25, 0.3) is 0 Å². The van der Waals surface area contributed by atoms with Gasteiger partial charge in [0.05, 0.1) is 47.6 Å². The summed E-state index contributed by atoms with van der Waals surface area (Å²) in [6, 6.07) is 10.8. The van der Waals surface area contributed by atoms with Crippen molar-refractivity contribution in [2.24, 2.45) is 10.2 Å². The monoisotopic (exact) mass is 2120 g/mol. The van der Waals surface area contributed by atoms with Crippen LogP contribution in [0.1, 0.15) is 63.5 Å². The number of nitrogens with zero attached hydrogens (tertiary/aromatic N) is 7. The van der Waals surface area contributed by atoms with Crippen LogP contribution < -0.4 is 29.8 Å². The molecule has 0 aliphatic carbocycles. The molecule has 0 unspecified atom stereocenters. The summed E-state index contributed by atoms with van der Waals surface area (Å²) < 4.78 is 45.7. The molecule has 4 aromatic rings. The quantitative estimate of drug-likeness (QED) is 0.104. The molecule has 0 atom stereocenters. The predicted octanol–water partition coefficient (Wildman–Crippen LogP) is 16.1. The normalized spacial score (nSPS) is 14.3. The molecule has 0 saturated heterocycles. The van der Waals surface area contributed by atoms with E-state index in [2.05, 4.69) is 132 Å². The van der Waals surface area contributed by atoms with Crippen LogP contribution >= 0.6 is 166 Å². The number of aromatic amines is 1. The van der Waals surface area contributed by atoms with Gasteiger partial charge in [0.25, 0.3) is 17.4 Å². The molecule has 0 radical (unpaired) electrons. The number of ether oxygens (including phenoxy) is 3. The fraction of sp³-hybridized carbons (Fsp3) is 0.231. The summed E-state index contributed by atoms with van der Waals surface area (Å²) in [6.45, 7) is 7.55. The number of methoxy groups -OCH3 is 1. The predicted molar refractivity (Wildman–Crippen MR) is 350 cm³/mol. The van der Waals surface area contributed by atoms with Gasteiger partial charge in [-0.15, -0.1) is 0 Å². The third-order valence-electron chi connectivity index (χ3n) is 8.57. The van der Waals surface area contributed by atoms with E-state index in [0.717, 1.165) is 27.7 Å². The number of pyridine rings is 2. The van der Waals surface area contributed by atoms with Crippen molar-refractivity contribution in [3.05, 3.63) is 92.0 Å². The molecule has 0 bridgehead atoms. The van der Waals surface area contributed by atoms with Gasteiger partial charge >= 0.3 is 143 Å². The van der Waals surface area contributed by atoms with Crippen molar-refractivity contribution in [2.75, 3.05) is 17.1 Å². The summed E-state index contributed by atoms with van der Waals surface area (Å²) in [7, 11) is 0.194. The van der Waals surface area contributed by atoms with Crippen LogP contribution in [0.2, 0.25) is 10.0 Å². The number of hydrogen-bond acceptors (Lipinski definition) is 13. The number of anilines is 2. The number of aromatic nitrogens is 2. The Balaban J connectivity index is 0.000000252. The second-order valence-electron chi connectivity index (χ2n) is 13.8. The average molecular weight is 2120 g/mol. The van der Waals surface area contributed by atoms with Gasteiger partial charge in [-0.25, -0.2) is 13.8 Å². The summed E-state index contributed by atoms with van der Waals surface area (Å²) in [5.74, 6) is -4.33. The Morgan fingerprint density at radius 2 is 1.12 bits per heavy atom. The number of amides is 2. The standard InChI is InChI=1S/C20H16ClFN4O4.C19H14ClFN4O4.I10/c1-10(2)13-6-12(9-24-20(13)29-3)30-19-14(21)4-11(5-15(19)22)26-18(28)7-17(27)16(8-23)25-26;1-9(2)12-5-11(8-23-19(12)28)29-18-13(20)3-10(4-14(18)21)25-17(27)6-16(26)15(7-22)24-25;1-7(2)9(5)10(6)8(3)4/h4-6,9-10H,7H2,1-3H3;3-5,8-9H,6H2,1-2H3,(H,23,28);. The van der Waals surface area contributed by atoms with Crippen molar-refractivity contribution in [1.29, 1.82) is 10.5 Å². The van der Waals surface area contributed by atoms with E-state index in [1.54, 1.807) is 18.2 Å². The van der Waals surface area contributed by atoms with Gasteiger partial charge in [-0.2, -0.15) is 30.7 Å². The van der Waals surface area contributed by atoms with Gasteiger partial charge in [-0.3, -0.25) is 24.0 Å². The molecule has 1 N–H and O–H groups in total. The molecule has 4 heterocycles. The van der Waals surface area contributed by atoms with Gasteiger partial charge < -0.3 is 19.2 Å². The maximum atomic E-state index is 14.8. The molecular formula is C39H30Cl2F2I10N8O8. The Morgan fingerprint density at radius 1 is 0.696 bits per heavy atom. The number of rotatable bonds is 12. The number of hydrogen-bond donors (Lipinski definition) is 1. The maximum absolute atomic E-state index is 14.8. The van der Waals surface area contributed by atoms with Gasteiger partial charge in [0, 0.05) is 29.5 Å². The first-order chi connectivity index (χ1) is 32.4. The Bertz CT molecular complexity index is 2810. The molecule has 2 aromatic heterocycles. The molecule has 2 aliphatic rings. The summed E-state index contributed by atoms with van der Waals surface area (Å²) in [5, 5.41) is 26.4. The first-order valence-electron chi connectivity index (χ1n) is 18.5. The molecule has 2 aliphatic heterocycles. The van der Waals surface area contributed by atoms with Crippen LogP contribution in [0.15, 0.2) is 63.8 Å². The number of carbonyl (C=O) groups excluding carboxylic acids is 4. The molecule has 372 valence electrons. The summed E-state index contributed by atoms with van der Waals surface area (Å²) in [6.07, 6.45) is 1.55. The number of halogens is 14. The second kappa shape index (κ2) is 29.0. The minimum absolute atomic E-state index is 0.0363. The number of nitrogens with one attached hydrogen (secondary N) is 1. The SMILES string of the molecule is CC(C)c1cc(Oc2c(F)cc(N3N=C(C#N)C(=O)CC3=O)cc2Cl)c[nH]c1=O.COc1ncc(Oc2c(F)cc(N3N=C(C#N)C(=O)CC3=O)cc2Cl)cc1C(C)C.II(I)I(I)I(I)I(I)I. The summed E-state index contributed by atoms with van der Waals surface area (Å²) in [4.78, 5) is 65.8. The molecule has 6 rings (SSSR count). The zero-order valence-corrected chi connectivity index (χ0v) is 58.5. The van der Waals surface area contributed by atoms with Crippen LogP contribution in [0.3, 0.4) is 0 Å². The number of Topliss-reactive ketones (excluding diaryl/α,β-unsaturated/α-hetero) is 2. The molecule has 0 fully saturated rings. The van der Waals surface area contributed by atoms with Crippen molar-refractivity contribution in [1.82, 2.24) is 9.97 Å². The van der Waals surface area contributed by atoms with Crippen molar-refractivity contribution < 1.29 is 42.2 Å². The third kappa shape index (κ3) is 17.1. The van der Waals surface area contributed by atoms with Gasteiger partial charge in [0.15, 0.2) is 23.1 Å². The topological polar surface area (TPSA) is 220 Å². The number of benzene rings is 2. The molecule has 30 heteroatoms. The fourth-order valence-electron chi connectivity index (χ4n) is 5.48. The van der Waals surface area contributed by atoms with E-state index in [4.69, 9.17) is 47.9 Å². The van der Waals surface area contributed by atoms with Crippen LogP contribution in [0.5, 0.6) is 28.9 Å². The van der Waals surface area contributed by atoms with Crippen LogP contribution in [0, 0.1) is 34.3 Å². The molecule has 0 spiro atoms. The van der Waals surface area contributed by atoms with E-state index in [1.165, 1.54) is 37.7 Å². The van der Waals surface area contributed by atoms with E-state index in [-0.39, 0.29) is 93.4 Å². The number of ketones is 2. The Hall–Kier alpha value is 0.280.